The lowest BCUT2D eigenvalue weighted by atomic mass is 10.2. The second kappa shape index (κ2) is 12.7. The molecule has 0 saturated carbocycles. The van der Waals surface area contributed by atoms with Crippen molar-refractivity contribution in [2.75, 3.05) is 13.2 Å². The van der Waals surface area contributed by atoms with Gasteiger partial charge in [-0.15, -0.1) is 0 Å². The predicted octanol–water partition coefficient (Wildman–Crippen LogP) is 5.14. The summed E-state index contributed by atoms with van der Waals surface area (Å²) in [7, 11) is 0. The fourth-order valence-corrected chi connectivity index (χ4v) is 4.26. The van der Waals surface area contributed by atoms with E-state index < -0.39 is 41.1 Å². The maximum atomic E-state index is 14.9. The van der Waals surface area contributed by atoms with Crippen LogP contribution in [0.4, 0.5) is 9.18 Å². The van der Waals surface area contributed by atoms with E-state index in [1.165, 1.54) is 17.0 Å². The summed E-state index contributed by atoms with van der Waals surface area (Å²) in [5.41, 5.74) is 2.28. The molecule has 2 N–H and O–H groups in total. The Balaban J connectivity index is 1.64. The molecule has 11 nitrogen and oxygen atoms in total. The van der Waals surface area contributed by atoms with Gasteiger partial charge in [-0.25, -0.2) is 14.2 Å². The number of nitrogens with one attached hydrogen (secondary N) is 2. The Morgan fingerprint density at radius 3 is 2.41 bits per heavy atom. The van der Waals surface area contributed by atoms with E-state index in [2.05, 4.69) is 15.8 Å². The third kappa shape index (κ3) is 8.34. The number of hydrogen-bond donors (Lipinski definition) is 2. The molecular weight excluding hydrogens is 582 g/mol. The molecular formula is C27H33Cl2FN4O7. The molecule has 2 heterocycles. The van der Waals surface area contributed by atoms with Crippen LogP contribution in [-0.2, 0) is 9.47 Å². The van der Waals surface area contributed by atoms with Crippen molar-refractivity contribution in [1.82, 2.24) is 20.7 Å². The third-order valence-corrected chi connectivity index (χ3v) is 6.14. The SMILES string of the molecule is CC(C)Oc1ccc(C(=O)NNC(=O)c2cc(F)c(OCC3COC(C)(C)N3C(=O)OC(C)(C)C)cc2Cl)nc1Cl. The number of carbonyl (C=O) groups is 3. The van der Waals surface area contributed by atoms with E-state index in [0.29, 0.717) is 5.75 Å². The van der Waals surface area contributed by atoms with Crippen molar-refractivity contribution in [3.05, 3.63) is 51.5 Å². The molecule has 1 fully saturated rings. The largest absolute Gasteiger partial charge is 0.488 e. The molecule has 1 aliphatic heterocycles. The molecule has 2 aromatic rings. The molecule has 1 aliphatic rings. The summed E-state index contributed by atoms with van der Waals surface area (Å²) < 4.78 is 37.2. The van der Waals surface area contributed by atoms with Crippen LogP contribution in [0.2, 0.25) is 10.2 Å². The van der Waals surface area contributed by atoms with E-state index in [4.69, 9.17) is 42.1 Å². The van der Waals surface area contributed by atoms with Crippen LogP contribution in [0.3, 0.4) is 0 Å². The highest BCUT2D eigenvalue weighted by atomic mass is 35.5. The standard InChI is InChI=1S/C27H33Cl2FN4O7/c1-14(2)40-20-9-8-19(31-22(20)29)24(36)33-32-23(35)16-10-18(30)21(11-17(16)28)38-12-15-13-39-27(6,7)34(15)25(37)41-26(3,4)5/h8-11,14-15H,12-13H2,1-7H3,(H,32,35)(H,33,36). The quantitative estimate of drug-likeness (QED) is 0.324. The normalized spacial score (nSPS) is 16.4. The highest BCUT2D eigenvalue weighted by molar-refractivity contribution is 6.34. The van der Waals surface area contributed by atoms with Crippen molar-refractivity contribution < 1.29 is 37.7 Å². The number of ether oxygens (including phenoxy) is 4. The molecule has 1 unspecified atom stereocenters. The fourth-order valence-electron chi connectivity index (χ4n) is 3.82. The topological polar surface area (TPSA) is 128 Å². The Bertz CT molecular complexity index is 1320. The first-order valence-electron chi connectivity index (χ1n) is 12.7. The van der Waals surface area contributed by atoms with Crippen molar-refractivity contribution in [2.24, 2.45) is 0 Å². The minimum absolute atomic E-state index is 0.0275. The van der Waals surface area contributed by atoms with Gasteiger partial charge in [0.2, 0.25) is 0 Å². The Hall–Kier alpha value is -3.35. The second-order valence-corrected chi connectivity index (χ2v) is 11.7. The van der Waals surface area contributed by atoms with Crippen LogP contribution in [0.25, 0.3) is 0 Å². The number of rotatable bonds is 7. The number of hydrazine groups is 1. The number of amides is 3. The number of pyridine rings is 1. The lowest BCUT2D eigenvalue weighted by molar-refractivity contribution is -0.0637. The van der Waals surface area contributed by atoms with E-state index in [0.717, 1.165) is 12.1 Å². The molecule has 3 amide bonds. The molecule has 1 aromatic heterocycles. The molecule has 0 radical (unpaired) electrons. The monoisotopic (exact) mass is 614 g/mol. The van der Waals surface area contributed by atoms with Crippen LogP contribution in [0, 0.1) is 5.82 Å². The zero-order chi connectivity index (χ0) is 30.7. The minimum atomic E-state index is -0.969. The Morgan fingerprint density at radius 2 is 1.80 bits per heavy atom. The fraction of sp³-hybridized carbons (Fsp3) is 0.481. The van der Waals surface area contributed by atoms with Crippen LogP contribution < -0.4 is 20.3 Å². The van der Waals surface area contributed by atoms with E-state index in [9.17, 15) is 18.8 Å². The average molecular weight is 615 g/mol. The summed E-state index contributed by atoms with van der Waals surface area (Å²) in [6, 6.07) is 4.25. The molecule has 0 aliphatic carbocycles. The van der Waals surface area contributed by atoms with Gasteiger partial charge >= 0.3 is 6.09 Å². The number of halogens is 3. The summed E-state index contributed by atoms with van der Waals surface area (Å²) in [5, 5.41) is -0.170. The molecule has 3 rings (SSSR count). The van der Waals surface area contributed by atoms with Gasteiger partial charge in [-0.1, -0.05) is 23.2 Å². The number of aromatic nitrogens is 1. The Kier molecular flexibility index (Phi) is 9.94. The van der Waals surface area contributed by atoms with Crippen molar-refractivity contribution in [3.8, 4) is 11.5 Å². The number of nitrogens with zero attached hydrogens (tertiary/aromatic N) is 2. The molecule has 14 heteroatoms. The third-order valence-electron chi connectivity index (χ3n) is 5.56. The molecule has 41 heavy (non-hydrogen) atoms. The maximum absolute atomic E-state index is 14.9. The molecule has 1 atom stereocenters. The molecule has 1 aromatic carbocycles. The summed E-state index contributed by atoms with van der Waals surface area (Å²) in [5.74, 6) is -2.49. The van der Waals surface area contributed by atoms with E-state index in [-0.39, 0.29) is 46.5 Å². The van der Waals surface area contributed by atoms with Gasteiger partial charge in [-0.3, -0.25) is 25.3 Å². The van der Waals surface area contributed by atoms with Crippen LogP contribution in [0.15, 0.2) is 24.3 Å². The first-order chi connectivity index (χ1) is 19.0. The van der Waals surface area contributed by atoms with Gasteiger partial charge in [0.15, 0.2) is 22.5 Å². The first-order valence-corrected chi connectivity index (χ1v) is 13.5. The van der Waals surface area contributed by atoms with Gasteiger partial charge in [0.25, 0.3) is 11.8 Å². The van der Waals surface area contributed by atoms with Gasteiger partial charge in [0, 0.05) is 6.07 Å². The smallest absolute Gasteiger partial charge is 0.413 e. The molecule has 1 saturated heterocycles. The van der Waals surface area contributed by atoms with Gasteiger partial charge in [-0.05, 0) is 66.7 Å². The highest BCUT2D eigenvalue weighted by Crippen LogP contribution is 2.31. The first kappa shape index (κ1) is 32.2. The molecule has 0 bridgehead atoms. The summed E-state index contributed by atoms with van der Waals surface area (Å²) in [6.07, 6.45) is -0.746. The van der Waals surface area contributed by atoms with Gasteiger partial charge < -0.3 is 18.9 Å². The lowest BCUT2D eigenvalue weighted by Gasteiger charge is -2.35. The van der Waals surface area contributed by atoms with Gasteiger partial charge in [0.05, 0.1) is 29.3 Å². The zero-order valence-electron chi connectivity index (χ0n) is 23.8. The summed E-state index contributed by atoms with van der Waals surface area (Å²) in [4.78, 5) is 43.2. The Labute approximate surface area is 247 Å². The van der Waals surface area contributed by atoms with Gasteiger partial charge in [-0.2, -0.15) is 0 Å². The van der Waals surface area contributed by atoms with Crippen molar-refractivity contribution >= 4 is 41.1 Å². The molecule has 0 spiro atoms. The number of benzene rings is 1. The van der Waals surface area contributed by atoms with E-state index in [1.807, 2.05) is 13.8 Å². The predicted molar refractivity (Wildman–Crippen MR) is 149 cm³/mol. The van der Waals surface area contributed by atoms with Crippen molar-refractivity contribution in [2.45, 2.75) is 71.9 Å². The number of hydrogen-bond acceptors (Lipinski definition) is 8. The minimum Gasteiger partial charge on any atom is -0.488 e. The van der Waals surface area contributed by atoms with Gasteiger partial charge in [0.1, 0.15) is 23.6 Å². The van der Waals surface area contributed by atoms with Crippen LogP contribution in [0.1, 0.15) is 69.3 Å². The van der Waals surface area contributed by atoms with Crippen LogP contribution >= 0.6 is 23.2 Å². The lowest BCUT2D eigenvalue weighted by Crippen LogP contribution is -2.51. The van der Waals surface area contributed by atoms with Crippen LogP contribution in [0.5, 0.6) is 11.5 Å². The zero-order valence-corrected chi connectivity index (χ0v) is 25.3. The highest BCUT2D eigenvalue weighted by Gasteiger charge is 2.46. The number of carbonyl (C=O) groups excluding carboxylic acids is 3. The van der Waals surface area contributed by atoms with Crippen molar-refractivity contribution in [1.29, 1.82) is 0 Å². The van der Waals surface area contributed by atoms with E-state index in [1.54, 1.807) is 34.6 Å². The average Bonchev–Trinajstić information content (AvgIpc) is 3.16. The van der Waals surface area contributed by atoms with E-state index >= 15 is 0 Å². The maximum Gasteiger partial charge on any atom is 0.413 e. The second-order valence-electron chi connectivity index (χ2n) is 10.9. The van der Waals surface area contributed by atoms with Crippen molar-refractivity contribution in [3.63, 3.8) is 0 Å². The Morgan fingerprint density at radius 1 is 1.15 bits per heavy atom. The van der Waals surface area contributed by atoms with Crippen LogP contribution in [-0.4, -0.2) is 64.5 Å². The summed E-state index contributed by atoms with van der Waals surface area (Å²) in [6.45, 7) is 12.3. The molecule has 224 valence electrons. The summed E-state index contributed by atoms with van der Waals surface area (Å²) >= 11 is 12.3.